The second-order valence-corrected chi connectivity index (χ2v) is 8.57. The van der Waals surface area contributed by atoms with Gasteiger partial charge in [-0.25, -0.2) is 18.1 Å². The summed E-state index contributed by atoms with van der Waals surface area (Å²) in [6.45, 7) is 5.53. The zero-order chi connectivity index (χ0) is 19.4. The van der Waals surface area contributed by atoms with Crippen LogP contribution in [0.2, 0.25) is 0 Å². The lowest BCUT2D eigenvalue weighted by Crippen LogP contribution is -2.30. The molecule has 0 atom stereocenters. The van der Waals surface area contributed by atoms with Crippen LogP contribution in [0.4, 0.5) is 11.5 Å². The largest absolute Gasteiger partial charge is 0.357 e. The van der Waals surface area contributed by atoms with Gasteiger partial charge in [-0.2, -0.15) is 0 Å². The molecule has 2 aromatic rings. The van der Waals surface area contributed by atoms with Gasteiger partial charge in [-0.3, -0.25) is 4.79 Å². The molecule has 0 unspecified atom stereocenters. The van der Waals surface area contributed by atoms with Crippen LogP contribution in [0, 0.1) is 0 Å². The Morgan fingerprint density at radius 1 is 1.07 bits per heavy atom. The number of anilines is 2. The first-order chi connectivity index (χ1) is 12.8. The van der Waals surface area contributed by atoms with Crippen molar-refractivity contribution < 1.29 is 13.2 Å². The molecule has 1 saturated heterocycles. The van der Waals surface area contributed by atoms with Crippen LogP contribution in [0.1, 0.15) is 37.0 Å². The number of hydrogen-bond donors (Lipinski definition) is 2. The lowest BCUT2D eigenvalue weighted by molar-refractivity contribution is 0.102. The lowest BCUT2D eigenvalue weighted by Gasteiger charge is -2.16. The number of carbonyl (C=O) groups is 1. The monoisotopic (exact) mass is 388 g/mol. The highest BCUT2D eigenvalue weighted by molar-refractivity contribution is 7.89. The highest BCUT2D eigenvalue weighted by Crippen LogP contribution is 2.19. The topological polar surface area (TPSA) is 91.4 Å². The van der Waals surface area contributed by atoms with Gasteiger partial charge in [0.15, 0.2) is 0 Å². The van der Waals surface area contributed by atoms with Crippen LogP contribution in [0.5, 0.6) is 0 Å². The summed E-state index contributed by atoms with van der Waals surface area (Å²) in [7, 11) is -3.57. The number of rotatable bonds is 6. The van der Waals surface area contributed by atoms with Gasteiger partial charge in [0.1, 0.15) is 5.82 Å². The zero-order valence-electron chi connectivity index (χ0n) is 15.5. The van der Waals surface area contributed by atoms with Gasteiger partial charge in [0.2, 0.25) is 10.0 Å². The van der Waals surface area contributed by atoms with Crippen molar-refractivity contribution in [2.75, 3.05) is 23.3 Å². The Bertz CT molecular complexity index is 888. The van der Waals surface area contributed by atoms with Crippen molar-refractivity contribution in [2.45, 2.75) is 37.6 Å². The zero-order valence-corrected chi connectivity index (χ0v) is 16.3. The van der Waals surface area contributed by atoms with E-state index in [1.165, 1.54) is 37.1 Å². The minimum absolute atomic E-state index is 0.129. The average Bonchev–Trinajstić information content (AvgIpc) is 3.16. The molecule has 2 heterocycles. The molecule has 0 radical (unpaired) electrons. The van der Waals surface area contributed by atoms with E-state index < -0.39 is 10.0 Å². The molecule has 1 aromatic carbocycles. The van der Waals surface area contributed by atoms with Crippen molar-refractivity contribution in [3.05, 3.63) is 48.2 Å². The molecule has 0 aliphatic carbocycles. The van der Waals surface area contributed by atoms with Crippen LogP contribution in [-0.4, -0.2) is 38.4 Å². The SMILES string of the molecule is CC(C)NS(=O)(=O)c1ccc(C(=O)Nc2ccc(N3CCCC3)nc2)cc1. The third kappa shape index (κ3) is 4.84. The van der Waals surface area contributed by atoms with Gasteiger partial charge < -0.3 is 10.2 Å². The Balaban J connectivity index is 1.65. The van der Waals surface area contributed by atoms with Crippen LogP contribution in [0.3, 0.4) is 0 Å². The molecule has 8 heteroatoms. The van der Waals surface area contributed by atoms with E-state index in [0.29, 0.717) is 11.3 Å². The highest BCUT2D eigenvalue weighted by atomic mass is 32.2. The number of hydrogen-bond acceptors (Lipinski definition) is 5. The van der Waals surface area contributed by atoms with E-state index in [1.807, 2.05) is 12.1 Å². The first-order valence-corrected chi connectivity index (χ1v) is 10.5. The van der Waals surface area contributed by atoms with Gasteiger partial charge in [0.05, 0.1) is 16.8 Å². The number of pyridine rings is 1. The fourth-order valence-electron chi connectivity index (χ4n) is 2.96. The van der Waals surface area contributed by atoms with E-state index in [4.69, 9.17) is 0 Å². The van der Waals surface area contributed by atoms with Crippen LogP contribution in [0.25, 0.3) is 0 Å². The van der Waals surface area contributed by atoms with Crippen molar-refractivity contribution in [1.29, 1.82) is 0 Å². The summed E-state index contributed by atoms with van der Waals surface area (Å²) >= 11 is 0. The molecular weight excluding hydrogens is 364 g/mol. The Kier molecular flexibility index (Phi) is 5.76. The predicted molar refractivity (Wildman–Crippen MR) is 106 cm³/mol. The standard InChI is InChI=1S/C19H24N4O3S/c1-14(2)22-27(25,26)17-8-5-15(6-9-17)19(24)21-16-7-10-18(20-13-16)23-11-3-4-12-23/h5-10,13-14,22H,3-4,11-12H2,1-2H3,(H,21,24). The fourth-order valence-corrected chi connectivity index (χ4v) is 4.21. The van der Waals surface area contributed by atoms with E-state index in [0.717, 1.165) is 18.9 Å². The molecule has 0 saturated carbocycles. The minimum atomic E-state index is -3.57. The summed E-state index contributed by atoms with van der Waals surface area (Å²) < 4.78 is 26.8. The van der Waals surface area contributed by atoms with Gasteiger partial charge in [-0.15, -0.1) is 0 Å². The van der Waals surface area contributed by atoms with Crippen molar-refractivity contribution in [3.8, 4) is 0 Å². The summed E-state index contributed by atoms with van der Waals surface area (Å²) in [5.41, 5.74) is 0.975. The van der Waals surface area contributed by atoms with Crippen LogP contribution < -0.4 is 14.9 Å². The van der Waals surface area contributed by atoms with Gasteiger partial charge in [-0.05, 0) is 63.1 Å². The maximum absolute atomic E-state index is 12.4. The maximum Gasteiger partial charge on any atom is 0.255 e. The van der Waals surface area contributed by atoms with Crippen molar-refractivity contribution in [1.82, 2.24) is 9.71 Å². The number of sulfonamides is 1. The Labute approximate surface area is 159 Å². The molecule has 1 aliphatic heterocycles. The molecule has 1 aliphatic rings. The summed E-state index contributed by atoms with van der Waals surface area (Å²) in [5, 5.41) is 2.78. The number of nitrogens with zero attached hydrogens (tertiary/aromatic N) is 2. The number of benzene rings is 1. The van der Waals surface area contributed by atoms with E-state index in [1.54, 1.807) is 20.0 Å². The number of nitrogens with one attached hydrogen (secondary N) is 2. The number of amides is 1. The first kappa shape index (κ1) is 19.3. The quantitative estimate of drug-likeness (QED) is 0.794. The van der Waals surface area contributed by atoms with Crippen molar-refractivity contribution in [3.63, 3.8) is 0 Å². The normalized spacial score (nSPS) is 14.6. The minimum Gasteiger partial charge on any atom is -0.357 e. The van der Waals surface area contributed by atoms with Gasteiger partial charge >= 0.3 is 0 Å². The van der Waals surface area contributed by atoms with Gasteiger partial charge in [0.25, 0.3) is 5.91 Å². The van der Waals surface area contributed by atoms with E-state index in [2.05, 4.69) is 19.9 Å². The third-order valence-electron chi connectivity index (χ3n) is 4.25. The molecule has 0 bridgehead atoms. The molecule has 2 N–H and O–H groups in total. The van der Waals surface area contributed by atoms with Crippen LogP contribution >= 0.6 is 0 Å². The Morgan fingerprint density at radius 2 is 1.74 bits per heavy atom. The smallest absolute Gasteiger partial charge is 0.255 e. The predicted octanol–water partition coefficient (Wildman–Crippen LogP) is 2.62. The average molecular weight is 388 g/mol. The van der Waals surface area contributed by atoms with E-state index >= 15 is 0 Å². The first-order valence-electron chi connectivity index (χ1n) is 9.00. The van der Waals surface area contributed by atoms with Crippen LogP contribution in [-0.2, 0) is 10.0 Å². The molecule has 0 spiro atoms. The molecule has 1 aromatic heterocycles. The number of carbonyl (C=O) groups excluding carboxylic acids is 1. The Morgan fingerprint density at radius 3 is 2.30 bits per heavy atom. The molecule has 144 valence electrons. The Hall–Kier alpha value is -2.45. The maximum atomic E-state index is 12.4. The molecule has 1 amide bonds. The van der Waals surface area contributed by atoms with Crippen molar-refractivity contribution in [2.24, 2.45) is 0 Å². The van der Waals surface area contributed by atoms with Gasteiger partial charge in [-0.1, -0.05) is 0 Å². The molecule has 7 nitrogen and oxygen atoms in total. The number of aromatic nitrogens is 1. The van der Waals surface area contributed by atoms with E-state index in [-0.39, 0.29) is 16.8 Å². The second kappa shape index (κ2) is 8.06. The highest BCUT2D eigenvalue weighted by Gasteiger charge is 2.16. The summed E-state index contributed by atoms with van der Waals surface area (Å²) in [6, 6.07) is 9.36. The van der Waals surface area contributed by atoms with E-state index in [9.17, 15) is 13.2 Å². The fraction of sp³-hybridized carbons (Fsp3) is 0.368. The second-order valence-electron chi connectivity index (χ2n) is 6.85. The van der Waals surface area contributed by atoms with Crippen LogP contribution in [0.15, 0.2) is 47.5 Å². The molecule has 1 fully saturated rings. The summed E-state index contributed by atoms with van der Waals surface area (Å²) in [6.07, 6.45) is 3.99. The lowest BCUT2D eigenvalue weighted by atomic mass is 10.2. The molecule has 27 heavy (non-hydrogen) atoms. The summed E-state index contributed by atoms with van der Waals surface area (Å²) in [5.74, 6) is 0.601. The van der Waals surface area contributed by atoms with Crippen molar-refractivity contribution >= 4 is 27.4 Å². The summed E-state index contributed by atoms with van der Waals surface area (Å²) in [4.78, 5) is 19.1. The molecule has 3 rings (SSSR count). The third-order valence-corrected chi connectivity index (χ3v) is 5.93. The van der Waals surface area contributed by atoms with Gasteiger partial charge in [0, 0.05) is 24.7 Å². The molecular formula is C19H24N4O3S.